The Morgan fingerprint density at radius 1 is 1.17 bits per heavy atom. The number of aliphatic carboxylic acids is 1. The van der Waals surface area contributed by atoms with E-state index in [2.05, 4.69) is 0 Å². The van der Waals surface area contributed by atoms with Gasteiger partial charge in [-0.2, -0.15) is 0 Å². The van der Waals surface area contributed by atoms with E-state index in [1.807, 2.05) is 0 Å². The Balaban J connectivity index is 2.22. The summed E-state index contributed by atoms with van der Waals surface area (Å²) in [6, 6.07) is 0. The minimum Gasteiger partial charge on any atom is -0.481 e. The Morgan fingerprint density at radius 2 is 1.67 bits per heavy atom. The average molecular weight is 168 g/mol. The highest BCUT2D eigenvalue weighted by atomic mass is 16.4. The zero-order valence-corrected chi connectivity index (χ0v) is 6.99. The molecule has 0 heterocycles. The molecule has 12 heavy (non-hydrogen) atoms. The third kappa shape index (κ3) is 0.822. The normalized spacial score (nSPS) is 43.8. The van der Waals surface area contributed by atoms with E-state index in [0.29, 0.717) is 11.8 Å². The Morgan fingerprint density at radius 3 is 2.00 bits per heavy atom. The molecule has 1 N–H and O–H groups in total. The third-order valence-electron chi connectivity index (χ3n) is 3.37. The van der Waals surface area contributed by atoms with Gasteiger partial charge in [-0.1, -0.05) is 0 Å². The molecule has 3 aliphatic rings. The summed E-state index contributed by atoms with van der Waals surface area (Å²) in [4.78, 5) is 21.9. The molecule has 2 bridgehead atoms. The Bertz CT molecular complexity index is 216. The van der Waals surface area contributed by atoms with Crippen LogP contribution in [0.1, 0.15) is 19.8 Å². The van der Waals surface area contributed by atoms with Crippen molar-refractivity contribution in [3.8, 4) is 0 Å². The predicted octanol–water partition coefficient (Wildman–Crippen LogP) is 0.932. The molecule has 0 aromatic heterocycles. The lowest BCUT2D eigenvalue weighted by atomic mass is 9.81. The van der Waals surface area contributed by atoms with Gasteiger partial charge < -0.3 is 5.11 Å². The molecule has 3 aliphatic carbocycles. The van der Waals surface area contributed by atoms with E-state index in [1.54, 1.807) is 0 Å². The van der Waals surface area contributed by atoms with Crippen LogP contribution in [0.15, 0.2) is 0 Å². The van der Waals surface area contributed by atoms with Gasteiger partial charge in [0.25, 0.3) is 0 Å². The van der Waals surface area contributed by atoms with Crippen molar-refractivity contribution >= 4 is 11.8 Å². The van der Waals surface area contributed by atoms with Crippen LogP contribution in [0.25, 0.3) is 0 Å². The molecule has 0 aliphatic heterocycles. The van der Waals surface area contributed by atoms with Gasteiger partial charge in [0, 0.05) is 5.92 Å². The quantitative estimate of drug-likeness (QED) is 0.667. The first-order valence-electron chi connectivity index (χ1n) is 4.34. The summed E-state index contributed by atoms with van der Waals surface area (Å²) in [6.45, 7) is 1.52. The number of carboxylic acid groups (broad SMARTS) is 1. The monoisotopic (exact) mass is 168 g/mol. The molecule has 2 atom stereocenters. The molecule has 3 fully saturated rings. The predicted molar refractivity (Wildman–Crippen MR) is 41.5 cm³/mol. The Kier molecular flexibility index (Phi) is 1.50. The van der Waals surface area contributed by atoms with Gasteiger partial charge in [-0.3, -0.25) is 9.59 Å². The number of carbonyl (C=O) groups excluding carboxylic acids is 1. The molecular weight excluding hydrogens is 156 g/mol. The summed E-state index contributed by atoms with van der Waals surface area (Å²) >= 11 is 0. The molecule has 0 aromatic rings. The van der Waals surface area contributed by atoms with Crippen LogP contribution in [0.2, 0.25) is 0 Å². The largest absolute Gasteiger partial charge is 0.481 e. The highest BCUT2D eigenvalue weighted by molar-refractivity contribution is 5.86. The molecule has 0 aromatic carbocycles. The van der Waals surface area contributed by atoms with E-state index < -0.39 is 5.97 Å². The minimum absolute atomic E-state index is 0.0624. The zero-order valence-electron chi connectivity index (χ0n) is 6.99. The van der Waals surface area contributed by atoms with E-state index >= 15 is 0 Å². The van der Waals surface area contributed by atoms with Crippen LogP contribution in [0.4, 0.5) is 0 Å². The van der Waals surface area contributed by atoms with E-state index in [0.717, 1.165) is 12.8 Å². The van der Waals surface area contributed by atoms with Crippen molar-refractivity contribution in [1.82, 2.24) is 0 Å². The van der Waals surface area contributed by atoms with Crippen LogP contribution in [0.3, 0.4) is 0 Å². The fourth-order valence-electron chi connectivity index (χ4n) is 2.82. The van der Waals surface area contributed by atoms with Crippen LogP contribution < -0.4 is 0 Å². The first kappa shape index (κ1) is 7.77. The molecule has 66 valence electrons. The fraction of sp³-hybridized carbons (Fsp3) is 0.778. The second kappa shape index (κ2) is 2.31. The maximum atomic E-state index is 11.1. The summed E-state index contributed by atoms with van der Waals surface area (Å²) in [6.07, 6.45) is 1.92. The van der Waals surface area contributed by atoms with Crippen molar-refractivity contribution in [1.29, 1.82) is 0 Å². The molecule has 3 saturated carbocycles. The van der Waals surface area contributed by atoms with Gasteiger partial charge in [-0.25, -0.2) is 0 Å². The number of hydrogen-bond donors (Lipinski definition) is 1. The molecule has 0 radical (unpaired) electrons. The van der Waals surface area contributed by atoms with Crippen molar-refractivity contribution in [3.63, 3.8) is 0 Å². The van der Waals surface area contributed by atoms with Crippen molar-refractivity contribution in [3.05, 3.63) is 0 Å². The lowest BCUT2D eigenvalue weighted by Crippen LogP contribution is -2.24. The van der Waals surface area contributed by atoms with Crippen molar-refractivity contribution in [2.75, 3.05) is 0 Å². The van der Waals surface area contributed by atoms with Gasteiger partial charge in [0.2, 0.25) is 0 Å². The topological polar surface area (TPSA) is 54.4 Å². The molecule has 2 unspecified atom stereocenters. The number of ketones is 1. The van der Waals surface area contributed by atoms with Crippen molar-refractivity contribution in [2.24, 2.45) is 23.7 Å². The summed E-state index contributed by atoms with van der Waals surface area (Å²) in [7, 11) is 0. The first-order valence-corrected chi connectivity index (χ1v) is 4.34. The van der Waals surface area contributed by atoms with Gasteiger partial charge in [0.1, 0.15) is 5.78 Å². The lowest BCUT2D eigenvalue weighted by Gasteiger charge is -2.23. The second-order valence-corrected chi connectivity index (χ2v) is 3.99. The summed E-state index contributed by atoms with van der Waals surface area (Å²) in [5.41, 5.74) is 0. The van der Waals surface area contributed by atoms with Crippen LogP contribution in [-0.2, 0) is 9.59 Å². The highest BCUT2D eigenvalue weighted by Gasteiger charge is 2.56. The third-order valence-corrected chi connectivity index (χ3v) is 3.37. The molecule has 3 nitrogen and oxygen atoms in total. The molecule has 0 spiro atoms. The van der Waals surface area contributed by atoms with E-state index in [1.165, 1.54) is 6.92 Å². The van der Waals surface area contributed by atoms with E-state index in [-0.39, 0.29) is 17.6 Å². The molecular formula is C9H12O3. The van der Waals surface area contributed by atoms with Crippen molar-refractivity contribution < 1.29 is 14.7 Å². The Hall–Kier alpha value is -0.860. The van der Waals surface area contributed by atoms with Gasteiger partial charge >= 0.3 is 5.97 Å². The van der Waals surface area contributed by atoms with Gasteiger partial charge in [-0.15, -0.1) is 0 Å². The number of carboxylic acids is 1. The van der Waals surface area contributed by atoms with Gasteiger partial charge in [-0.05, 0) is 31.6 Å². The number of hydrogen-bond acceptors (Lipinski definition) is 2. The zero-order chi connectivity index (χ0) is 8.88. The second-order valence-electron chi connectivity index (χ2n) is 3.99. The summed E-state index contributed by atoms with van der Waals surface area (Å²) in [5.74, 6) is -0.581. The minimum atomic E-state index is -0.778. The number of carbonyl (C=O) groups is 2. The molecule has 3 rings (SSSR count). The maximum Gasteiger partial charge on any atom is 0.307 e. The van der Waals surface area contributed by atoms with E-state index in [4.69, 9.17) is 5.11 Å². The molecule has 0 saturated heterocycles. The number of fused-ring (bicyclic) bond motifs is 1. The first-order chi connectivity index (χ1) is 5.61. The molecule has 0 amide bonds. The van der Waals surface area contributed by atoms with Crippen LogP contribution in [0, 0.1) is 23.7 Å². The van der Waals surface area contributed by atoms with Crippen molar-refractivity contribution in [2.45, 2.75) is 19.8 Å². The average Bonchev–Trinajstić information content (AvgIpc) is 2.34. The summed E-state index contributed by atoms with van der Waals surface area (Å²) in [5, 5.41) is 8.88. The maximum absolute atomic E-state index is 11.1. The lowest BCUT2D eigenvalue weighted by molar-refractivity contribution is -0.145. The van der Waals surface area contributed by atoms with Crippen LogP contribution in [-0.4, -0.2) is 16.9 Å². The fourth-order valence-corrected chi connectivity index (χ4v) is 2.82. The van der Waals surface area contributed by atoms with Gasteiger partial charge in [0.15, 0.2) is 0 Å². The van der Waals surface area contributed by atoms with Crippen LogP contribution in [0.5, 0.6) is 0 Å². The van der Waals surface area contributed by atoms with E-state index in [9.17, 15) is 9.59 Å². The summed E-state index contributed by atoms with van der Waals surface area (Å²) < 4.78 is 0. The van der Waals surface area contributed by atoms with Gasteiger partial charge in [0.05, 0.1) is 5.92 Å². The SMILES string of the molecule is CC(=O)C1C2CC(C2)C1C(=O)O. The standard InChI is InChI=1S/C9H12O3/c1-4(10)7-5-2-6(3-5)8(7)9(11)12/h5-8H,2-3H2,1H3,(H,11,12). The highest BCUT2D eigenvalue weighted by Crippen LogP contribution is 2.56. The Labute approximate surface area is 70.8 Å². The smallest absolute Gasteiger partial charge is 0.307 e. The van der Waals surface area contributed by atoms with Crippen LogP contribution >= 0.6 is 0 Å². The number of rotatable bonds is 2. The number of Topliss-reactive ketones (excluding diaryl/α,β-unsaturated/α-hetero) is 1. The molecule has 3 heteroatoms.